The van der Waals surface area contributed by atoms with Crippen LogP contribution in [0.3, 0.4) is 0 Å². The molecule has 1 heterocycles. The molecule has 0 spiro atoms. The van der Waals surface area contributed by atoms with Gasteiger partial charge < -0.3 is 14.5 Å². The van der Waals surface area contributed by atoms with Crippen molar-refractivity contribution < 1.29 is 14.3 Å². The summed E-state index contributed by atoms with van der Waals surface area (Å²) in [6.45, 7) is 2.16. The molecular weight excluding hydrogens is 220 g/mol. The van der Waals surface area contributed by atoms with E-state index in [0.29, 0.717) is 12.4 Å². The van der Waals surface area contributed by atoms with E-state index in [1.54, 1.807) is 14.0 Å². The lowest BCUT2D eigenvalue weighted by Gasteiger charge is -1.97. The van der Waals surface area contributed by atoms with Crippen molar-refractivity contribution in [3.8, 4) is 5.75 Å². The number of nitrogens with zero attached hydrogens (tertiary/aromatic N) is 1. The first kappa shape index (κ1) is 11.4. The third-order valence-corrected chi connectivity index (χ3v) is 2.36. The summed E-state index contributed by atoms with van der Waals surface area (Å²) in [7, 11) is 1.61. The number of ether oxygens (including phenoxy) is 2. The van der Waals surface area contributed by atoms with Crippen molar-refractivity contribution in [1.82, 2.24) is 9.97 Å². The van der Waals surface area contributed by atoms with Gasteiger partial charge in [-0.2, -0.15) is 0 Å². The average molecular weight is 234 g/mol. The molecule has 2 aromatic rings. The number of hydrogen-bond acceptors (Lipinski definition) is 4. The van der Waals surface area contributed by atoms with Gasteiger partial charge >= 0.3 is 5.97 Å². The molecule has 0 aliphatic carbocycles. The van der Waals surface area contributed by atoms with Crippen molar-refractivity contribution in [1.29, 1.82) is 0 Å². The molecule has 0 aliphatic rings. The molecular formula is C12H14N2O3. The van der Waals surface area contributed by atoms with Gasteiger partial charge in [-0.15, -0.1) is 0 Å². The first-order chi connectivity index (χ1) is 8.22. The average Bonchev–Trinajstić information content (AvgIpc) is 2.69. The van der Waals surface area contributed by atoms with Crippen molar-refractivity contribution in [2.45, 2.75) is 13.3 Å². The monoisotopic (exact) mass is 234 g/mol. The molecule has 17 heavy (non-hydrogen) atoms. The molecule has 0 saturated heterocycles. The minimum atomic E-state index is -0.279. The van der Waals surface area contributed by atoms with Gasteiger partial charge in [-0.3, -0.25) is 4.79 Å². The highest BCUT2D eigenvalue weighted by Gasteiger charge is 2.09. The predicted octanol–water partition coefficient (Wildman–Crippen LogP) is 1.68. The first-order valence-electron chi connectivity index (χ1n) is 5.41. The van der Waals surface area contributed by atoms with Crippen LogP contribution in [-0.2, 0) is 16.0 Å². The number of methoxy groups -OCH3 is 1. The molecule has 0 fully saturated rings. The Morgan fingerprint density at radius 3 is 3.00 bits per heavy atom. The zero-order chi connectivity index (χ0) is 12.3. The number of aromatic amines is 1. The molecule has 0 radical (unpaired) electrons. The van der Waals surface area contributed by atoms with Crippen LogP contribution in [0.4, 0.5) is 0 Å². The second-order valence-corrected chi connectivity index (χ2v) is 3.55. The van der Waals surface area contributed by atoms with E-state index in [1.165, 1.54) is 0 Å². The summed E-state index contributed by atoms with van der Waals surface area (Å²) >= 11 is 0. The number of hydrogen-bond donors (Lipinski definition) is 1. The lowest BCUT2D eigenvalue weighted by molar-refractivity contribution is -0.142. The number of imidazole rings is 1. The van der Waals surface area contributed by atoms with Crippen molar-refractivity contribution >= 4 is 17.0 Å². The van der Waals surface area contributed by atoms with Crippen LogP contribution in [0, 0.1) is 0 Å². The fourth-order valence-electron chi connectivity index (χ4n) is 1.60. The third kappa shape index (κ3) is 2.55. The fourth-order valence-corrected chi connectivity index (χ4v) is 1.60. The van der Waals surface area contributed by atoms with Crippen molar-refractivity contribution in [3.63, 3.8) is 0 Å². The molecule has 1 aromatic heterocycles. The van der Waals surface area contributed by atoms with Gasteiger partial charge in [0.15, 0.2) is 0 Å². The Bertz CT molecular complexity index is 534. The molecule has 90 valence electrons. The number of fused-ring (bicyclic) bond motifs is 1. The van der Waals surface area contributed by atoms with E-state index < -0.39 is 0 Å². The number of nitrogens with one attached hydrogen (secondary N) is 1. The molecule has 0 amide bonds. The van der Waals surface area contributed by atoms with Crippen LogP contribution in [0.5, 0.6) is 5.75 Å². The minimum Gasteiger partial charge on any atom is -0.497 e. The van der Waals surface area contributed by atoms with Crippen LogP contribution in [0.15, 0.2) is 18.2 Å². The van der Waals surface area contributed by atoms with Crippen LogP contribution in [0.1, 0.15) is 12.7 Å². The lowest BCUT2D eigenvalue weighted by Crippen LogP contribution is -2.08. The summed E-state index contributed by atoms with van der Waals surface area (Å²) in [6.07, 6.45) is 0.158. The molecule has 0 aliphatic heterocycles. The van der Waals surface area contributed by atoms with Gasteiger partial charge in [-0.1, -0.05) is 0 Å². The fraction of sp³-hybridized carbons (Fsp3) is 0.333. The number of benzene rings is 1. The lowest BCUT2D eigenvalue weighted by atomic mass is 10.3. The highest BCUT2D eigenvalue weighted by molar-refractivity contribution is 5.78. The van der Waals surface area contributed by atoms with E-state index >= 15 is 0 Å². The van der Waals surface area contributed by atoms with Gasteiger partial charge in [0.1, 0.15) is 18.0 Å². The van der Waals surface area contributed by atoms with Crippen LogP contribution in [0.25, 0.3) is 11.0 Å². The van der Waals surface area contributed by atoms with Crippen LogP contribution < -0.4 is 4.74 Å². The number of carbonyl (C=O) groups excluding carboxylic acids is 1. The largest absolute Gasteiger partial charge is 0.497 e. The normalized spacial score (nSPS) is 10.5. The molecule has 2 rings (SSSR count). The molecule has 0 saturated carbocycles. The molecule has 5 heteroatoms. The predicted molar refractivity (Wildman–Crippen MR) is 63.0 cm³/mol. The Hall–Kier alpha value is -2.04. The number of aromatic nitrogens is 2. The van der Waals surface area contributed by atoms with Gasteiger partial charge in [0, 0.05) is 6.07 Å². The zero-order valence-corrected chi connectivity index (χ0v) is 9.82. The molecule has 5 nitrogen and oxygen atoms in total. The second-order valence-electron chi connectivity index (χ2n) is 3.55. The summed E-state index contributed by atoms with van der Waals surface area (Å²) < 4.78 is 9.97. The van der Waals surface area contributed by atoms with Crippen LogP contribution >= 0.6 is 0 Å². The SMILES string of the molecule is CCOC(=O)Cc1nc2ccc(OC)cc2[nH]1. The quantitative estimate of drug-likeness (QED) is 0.817. The first-order valence-corrected chi connectivity index (χ1v) is 5.41. The molecule has 0 bridgehead atoms. The third-order valence-electron chi connectivity index (χ3n) is 2.36. The molecule has 1 aromatic carbocycles. The number of esters is 1. The van der Waals surface area contributed by atoms with E-state index in [-0.39, 0.29) is 12.4 Å². The van der Waals surface area contributed by atoms with E-state index in [1.807, 2.05) is 18.2 Å². The summed E-state index contributed by atoms with van der Waals surface area (Å²) in [4.78, 5) is 18.7. The van der Waals surface area contributed by atoms with E-state index in [4.69, 9.17) is 9.47 Å². The molecule has 0 atom stereocenters. The van der Waals surface area contributed by atoms with Crippen LogP contribution in [0.2, 0.25) is 0 Å². The van der Waals surface area contributed by atoms with Gasteiger partial charge in [0.25, 0.3) is 0 Å². The van der Waals surface area contributed by atoms with Gasteiger partial charge in [0.05, 0.1) is 24.8 Å². The van der Waals surface area contributed by atoms with Crippen LogP contribution in [-0.4, -0.2) is 29.7 Å². The highest BCUT2D eigenvalue weighted by atomic mass is 16.5. The van der Waals surface area contributed by atoms with Crippen molar-refractivity contribution in [2.75, 3.05) is 13.7 Å². The topological polar surface area (TPSA) is 64.2 Å². The smallest absolute Gasteiger partial charge is 0.313 e. The maximum atomic E-state index is 11.3. The molecule has 0 unspecified atom stereocenters. The summed E-state index contributed by atoms with van der Waals surface area (Å²) in [5, 5.41) is 0. The Balaban J connectivity index is 2.22. The second kappa shape index (κ2) is 4.86. The van der Waals surface area contributed by atoms with Crippen molar-refractivity contribution in [3.05, 3.63) is 24.0 Å². The van der Waals surface area contributed by atoms with Gasteiger partial charge in [-0.25, -0.2) is 4.98 Å². The highest BCUT2D eigenvalue weighted by Crippen LogP contribution is 2.18. The Morgan fingerprint density at radius 2 is 2.29 bits per heavy atom. The molecule has 1 N–H and O–H groups in total. The van der Waals surface area contributed by atoms with Gasteiger partial charge in [-0.05, 0) is 19.1 Å². The number of carbonyl (C=O) groups is 1. The summed E-state index contributed by atoms with van der Waals surface area (Å²) in [6, 6.07) is 5.52. The minimum absolute atomic E-state index is 0.158. The maximum Gasteiger partial charge on any atom is 0.313 e. The van der Waals surface area contributed by atoms with Gasteiger partial charge in [0.2, 0.25) is 0 Å². The Labute approximate surface area is 98.8 Å². The summed E-state index contributed by atoms with van der Waals surface area (Å²) in [5.41, 5.74) is 1.66. The van der Waals surface area contributed by atoms with E-state index in [0.717, 1.165) is 16.8 Å². The van der Waals surface area contributed by atoms with Crippen molar-refractivity contribution in [2.24, 2.45) is 0 Å². The zero-order valence-electron chi connectivity index (χ0n) is 9.82. The van der Waals surface area contributed by atoms with E-state index in [9.17, 15) is 4.79 Å². The maximum absolute atomic E-state index is 11.3. The number of H-pyrrole nitrogens is 1. The Kier molecular flexibility index (Phi) is 3.27. The van der Waals surface area contributed by atoms with E-state index in [2.05, 4.69) is 9.97 Å². The standard InChI is InChI=1S/C12H14N2O3/c1-3-17-12(15)7-11-13-9-5-4-8(16-2)6-10(9)14-11/h4-6H,3,7H2,1-2H3,(H,13,14). The summed E-state index contributed by atoms with van der Waals surface area (Å²) in [5.74, 6) is 1.08. The number of rotatable bonds is 4. The Morgan fingerprint density at radius 1 is 1.47 bits per heavy atom.